The number of nitrogens with two attached hydrogens (primary N) is 1. The van der Waals surface area contributed by atoms with Crippen LogP contribution in [-0.2, 0) is 9.36 Å². The summed E-state index contributed by atoms with van der Waals surface area (Å²) >= 11 is 0. The quantitative estimate of drug-likeness (QED) is 0.399. The zero-order valence-electron chi connectivity index (χ0n) is 4.97. The maximum atomic E-state index is 10.2. The van der Waals surface area contributed by atoms with E-state index in [1.165, 1.54) is 0 Å². The van der Waals surface area contributed by atoms with E-state index in [1.807, 2.05) is 0 Å². The maximum absolute atomic E-state index is 10.2. The van der Waals surface area contributed by atoms with E-state index in [0.29, 0.717) is 0 Å². The highest BCUT2D eigenvalue weighted by Gasteiger charge is 2.26. The summed E-state index contributed by atoms with van der Waals surface area (Å²) in [5, 5.41) is 8.02. The van der Waals surface area contributed by atoms with Gasteiger partial charge in [0.25, 0.3) is 0 Å². The molecule has 0 radical (unpaired) electrons. The average molecular weight is 169 g/mol. The van der Waals surface area contributed by atoms with Crippen LogP contribution in [-0.4, -0.2) is 26.6 Å². The van der Waals surface area contributed by atoms with Gasteiger partial charge >= 0.3 is 13.6 Å². The highest BCUT2D eigenvalue weighted by molar-refractivity contribution is 7.52. The predicted molar refractivity (Wildman–Crippen MR) is 32.3 cm³/mol. The maximum Gasteiger partial charge on any atom is 0.342 e. The lowest BCUT2D eigenvalue weighted by Crippen LogP contribution is -2.23. The topological polar surface area (TPSA) is 121 Å². The Bertz CT molecular complexity index is 174. The molecule has 10 heavy (non-hydrogen) atoms. The van der Waals surface area contributed by atoms with Crippen molar-refractivity contribution < 1.29 is 24.3 Å². The molecule has 0 aromatic carbocycles. The lowest BCUT2D eigenvalue weighted by Gasteiger charge is -2.09. The molecule has 0 rings (SSSR count). The van der Waals surface area contributed by atoms with Gasteiger partial charge in [-0.15, -0.1) is 0 Å². The monoisotopic (exact) mass is 169 g/mol. The molecule has 6 nitrogen and oxygen atoms in total. The van der Waals surface area contributed by atoms with Gasteiger partial charge in [0.2, 0.25) is 0 Å². The normalized spacial score (nSPS) is 14.7. The Labute approximate surface area is 56.8 Å². The number of carbonyl (C=O) groups is 1. The molecule has 1 atom stereocenters. The van der Waals surface area contributed by atoms with Gasteiger partial charge in [0.1, 0.15) is 5.78 Å². The van der Waals surface area contributed by atoms with Crippen LogP contribution in [0.3, 0.4) is 0 Å². The molecule has 0 bridgehead atoms. The minimum Gasteiger partial charge on any atom is -0.481 e. The molecule has 0 saturated heterocycles. The summed E-state index contributed by atoms with van der Waals surface area (Å²) < 4.78 is 10.2. The summed E-state index contributed by atoms with van der Waals surface area (Å²) in [5.74, 6) is -2.92. The van der Waals surface area contributed by atoms with E-state index in [2.05, 4.69) is 0 Å². The minimum absolute atomic E-state index is 0.718. The van der Waals surface area contributed by atoms with Gasteiger partial charge in [-0.1, -0.05) is 0 Å². The smallest absolute Gasteiger partial charge is 0.342 e. The molecule has 0 aromatic heterocycles. The Hall–Kier alpha value is -0.420. The number of carboxylic acid groups (broad SMARTS) is 1. The number of rotatable bonds is 3. The highest BCUT2D eigenvalue weighted by atomic mass is 31.2. The summed E-state index contributed by atoms with van der Waals surface area (Å²) in [6.07, 6.45) is -0.718. The van der Waals surface area contributed by atoms with Crippen LogP contribution in [0.1, 0.15) is 6.42 Å². The van der Waals surface area contributed by atoms with E-state index in [1.54, 1.807) is 0 Å². The fourth-order valence-electron chi connectivity index (χ4n) is 0.298. The van der Waals surface area contributed by atoms with E-state index in [9.17, 15) is 9.36 Å². The summed E-state index contributed by atoms with van der Waals surface area (Å²) in [7, 11) is -4.41. The Balaban J connectivity index is 3.98. The molecule has 0 fully saturated rings. The van der Waals surface area contributed by atoms with Crippen molar-refractivity contribution in [2.75, 3.05) is 0 Å². The number of aliphatic carboxylic acids is 1. The summed E-state index contributed by atoms with van der Waals surface area (Å²) in [6.45, 7) is 0. The second-order valence-electron chi connectivity index (χ2n) is 1.75. The molecule has 7 heteroatoms. The Morgan fingerprint density at radius 3 is 2.10 bits per heavy atom. The van der Waals surface area contributed by atoms with Crippen LogP contribution >= 0.6 is 7.60 Å². The van der Waals surface area contributed by atoms with Gasteiger partial charge in [0.05, 0.1) is 6.42 Å². The molecule has 0 aliphatic carbocycles. The van der Waals surface area contributed by atoms with Crippen molar-refractivity contribution in [3.8, 4) is 0 Å². The van der Waals surface area contributed by atoms with E-state index in [0.717, 1.165) is 0 Å². The summed E-state index contributed by atoms with van der Waals surface area (Å²) in [6, 6.07) is 0. The van der Waals surface area contributed by atoms with Gasteiger partial charge in [0.15, 0.2) is 0 Å². The molecular weight excluding hydrogens is 161 g/mol. The zero-order chi connectivity index (χ0) is 8.36. The molecule has 0 aliphatic heterocycles. The van der Waals surface area contributed by atoms with Crippen LogP contribution in [0.4, 0.5) is 0 Å². The Morgan fingerprint density at radius 2 is 2.00 bits per heavy atom. The summed E-state index contributed by atoms with van der Waals surface area (Å²) in [5.41, 5.74) is 4.81. The highest BCUT2D eigenvalue weighted by Crippen LogP contribution is 2.39. The fraction of sp³-hybridized carbons (Fsp3) is 0.667. The molecule has 0 aliphatic rings. The lowest BCUT2D eigenvalue weighted by molar-refractivity contribution is -0.137. The molecule has 0 saturated carbocycles. The zero-order valence-corrected chi connectivity index (χ0v) is 5.86. The first-order valence-electron chi connectivity index (χ1n) is 2.36. The number of carboxylic acids is 1. The third kappa shape index (κ3) is 3.58. The SMILES string of the molecule is N[C@@H](CC(=O)O)P(=O)(O)O. The molecule has 0 unspecified atom stereocenters. The van der Waals surface area contributed by atoms with Gasteiger partial charge in [0, 0.05) is 0 Å². The van der Waals surface area contributed by atoms with Crippen molar-refractivity contribution in [2.24, 2.45) is 5.73 Å². The van der Waals surface area contributed by atoms with Crippen LogP contribution in [0.15, 0.2) is 0 Å². The van der Waals surface area contributed by atoms with Crippen LogP contribution in [0, 0.1) is 0 Å². The Kier molecular flexibility index (Phi) is 2.98. The van der Waals surface area contributed by atoms with Gasteiger partial charge < -0.3 is 20.6 Å². The average Bonchev–Trinajstić information content (AvgIpc) is 1.60. The van der Waals surface area contributed by atoms with Crippen molar-refractivity contribution >= 4 is 13.6 Å². The first-order valence-corrected chi connectivity index (χ1v) is 4.05. The predicted octanol–water partition coefficient (Wildman–Crippen LogP) is -1.08. The van der Waals surface area contributed by atoms with E-state index in [-0.39, 0.29) is 0 Å². The van der Waals surface area contributed by atoms with Crippen molar-refractivity contribution in [2.45, 2.75) is 12.2 Å². The first kappa shape index (κ1) is 9.58. The van der Waals surface area contributed by atoms with Crippen LogP contribution in [0.5, 0.6) is 0 Å². The third-order valence-electron chi connectivity index (χ3n) is 0.816. The molecule has 0 aromatic rings. The van der Waals surface area contributed by atoms with Crippen molar-refractivity contribution in [3.63, 3.8) is 0 Å². The third-order valence-corrected chi connectivity index (χ3v) is 1.86. The summed E-state index contributed by atoms with van der Waals surface area (Å²) in [4.78, 5) is 26.3. The second-order valence-corrected chi connectivity index (χ2v) is 3.60. The molecule has 5 N–H and O–H groups in total. The van der Waals surface area contributed by atoms with Crippen LogP contribution in [0.2, 0.25) is 0 Å². The standard InChI is InChI=1S/C3H8NO5P/c4-2(1-3(5)6)10(7,8)9/h2H,1,4H2,(H,5,6)(H2,7,8,9)/t2-/m1/s1. The molecule has 60 valence electrons. The number of hydrogen-bond acceptors (Lipinski definition) is 3. The second kappa shape index (κ2) is 3.12. The van der Waals surface area contributed by atoms with Gasteiger partial charge in [-0.25, -0.2) is 0 Å². The van der Waals surface area contributed by atoms with E-state index in [4.69, 9.17) is 20.6 Å². The minimum atomic E-state index is -4.41. The van der Waals surface area contributed by atoms with Gasteiger partial charge in [-0.05, 0) is 0 Å². The van der Waals surface area contributed by atoms with E-state index >= 15 is 0 Å². The van der Waals surface area contributed by atoms with Crippen molar-refractivity contribution in [3.05, 3.63) is 0 Å². The van der Waals surface area contributed by atoms with Crippen molar-refractivity contribution in [1.82, 2.24) is 0 Å². The Morgan fingerprint density at radius 1 is 1.60 bits per heavy atom. The van der Waals surface area contributed by atoms with Crippen LogP contribution < -0.4 is 5.73 Å². The van der Waals surface area contributed by atoms with Crippen LogP contribution in [0.25, 0.3) is 0 Å². The van der Waals surface area contributed by atoms with Gasteiger partial charge in [-0.2, -0.15) is 0 Å². The fourth-order valence-corrected chi connectivity index (χ4v) is 0.692. The van der Waals surface area contributed by atoms with Gasteiger partial charge in [-0.3, -0.25) is 9.36 Å². The lowest BCUT2D eigenvalue weighted by atomic mass is 10.4. The molecular formula is C3H8NO5P. The molecule has 0 heterocycles. The molecule has 0 amide bonds. The van der Waals surface area contributed by atoms with E-state index < -0.39 is 25.8 Å². The van der Waals surface area contributed by atoms with Crippen molar-refractivity contribution in [1.29, 1.82) is 0 Å². The largest absolute Gasteiger partial charge is 0.481 e. The number of hydrogen-bond donors (Lipinski definition) is 4. The first-order chi connectivity index (χ1) is 4.34. The molecule has 0 spiro atoms.